The van der Waals surface area contributed by atoms with E-state index in [1.807, 2.05) is 0 Å². The Bertz CT molecular complexity index is 198. The Hall–Kier alpha value is -0.220. The van der Waals surface area contributed by atoms with Crippen LogP contribution in [0.3, 0.4) is 0 Å². The third-order valence-corrected chi connectivity index (χ3v) is 3.15. The van der Waals surface area contributed by atoms with Gasteiger partial charge in [-0.05, 0) is 18.8 Å². The Kier molecular flexibility index (Phi) is 2.28. The number of hydrogen-bond acceptors (Lipinski definition) is 2. The van der Waals surface area contributed by atoms with Crippen molar-refractivity contribution in [2.45, 2.75) is 31.3 Å². The second-order valence-electron chi connectivity index (χ2n) is 4.23. The molecular formula is C9H15F2NO. The minimum Gasteiger partial charge on any atom is -0.391 e. The molecule has 2 nitrogen and oxygen atoms in total. The van der Waals surface area contributed by atoms with E-state index in [1.165, 1.54) is 0 Å². The van der Waals surface area contributed by atoms with Crippen molar-refractivity contribution in [1.29, 1.82) is 0 Å². The number of β-amino-alcohol motifs (C(OH)–C–C–N with tert-alkyl or cyclic N) is 1. The molecule has 1 heterocycles. The van der Waals surface area contributed by atoms with Crippen LogP contribution in [0.2, 0.25) is 0 Å². The molecule has 0 aromatic rings. The lowest BCUT2D eigenvalue weighted by Gasteiger charge is -2.12. The summed E-state index contributed by atoms with van der Waals surface area (Å²) in [7, 11) is 0. The average Bonchev–Trinajstić information content (AvgIpc) is 2.47. The molecule has 4 heteroatoms. The van der Waals surface area contributed by atoms with Crippen molar-refractivity contribution >= 4 is 0 Å². The zero-order valence-electron chi connectivity index (χ0n) is 7.47. The standard InChI is InChI=1S/C9H15F2NO/c10-9(11)3-7(9)2-1-6-4-12-5-8(6)13/h6-8,12-13H,1-5H2/t6-,7?,8-/m1/s1. The van der Waals surface area contributed by atoms with E-state index in [1.54, 1.807) is 0 Å². The van der Waals surface area contributed by atoms with Gasteiger partial charge in [0.05, 0.1) is 6.10 Å². The van der Waals surface area contributed by atoms with Crippen LogP contribution in [0.4, 0.5) is 8.78 Å². The maximum Gasteiger partial charge on any atom is 0.251 e. The highest BCUT2D eigenvalue weighted by atomic mass is 19.3. The lowest BCUT2D eigenvalue weighted by molar-refractivity contribution is 0.0910. The molecule has 2 fully saturated rings. The summed E-state index contributed by atoms with van der Waals surface area (Å²) in [5, 5.41) is 12.5. The van der Waals surface area contributed by atoms with Crippen molar-refractivity contribution in [2.24, 2.45) is 11.8 Å². The normalized spacial score (nSPS) is 42.2. The van der Waals surface area contributed by atoms with Crippen LogP contribution >= 0.6 is 0 Å². The fourth-order valence-corrected chi connectivity index (χ4v) is 2.01. The van der Waals surface area contributed by atoms with E-state index in [0.29, 0.717) is 13.0 Å². The monoisotopic (exact) mass is 191 g/mol. The fourth-order valence-electron chi connectivity index (χ4n) is 2.01. The highest BCUT2D eigenvalue weighted by Gasteiger charge is 2.56. The third-order valence-electron chi connectivity index (χ3n) is 3.15. The number of aliphatic hydroxyl groups excluding tert-OH is 1. The van der Waals surface area contributed by atoms with Gasteiger partial charge in [-0.15, -0.1) is 0 Å². The molecule has 13 heavy (non-hydrogen) atoms. The van der Waals surface area contributed by atoms with Crippen LogP contribution in [-0.4, -0.2) is 30.2 Å². The number of nitrogens with one attached hydrogen (secondary N) is 1. The molecule has 0 amide bonds. The second-order valence-corrected chi connectivity index (χ2v) is 4.23. The molecule has 0 spiro atoms. The molecule has 1 aliphatic heterocycles. The number of aliphatic hydroxyl groups is 1. The molecule has 1 aliphatic carbocycles. The minimum absolute atomic E-state index is 0.0588. The summed E-state index contributed by atoms with van der Waals surface area (Å²) in [5.74, 6) is -2.60. The quantitative estimate of drug-likeness (QED) is 0.697. The van der Waals surface area contributed by atoms with Gasteiger partial charge in [-0.2, -0.15) is 0 Å². The number of alkyl halides is 2. The SMILES string of the molecule is O[C@@H]1CNC[C@H]1CCC1CC1(F)F. The van der Waals surface area contributed by atoms with E-state index in [-0.39, 0.29) is 18.4 Å². The summed E-state index contributed by atoms with van der Waals surface area (Å²) in [6, 6.07) is 0. The van der Waals surface area contributed by atoms with Crippen molar-refractivity contribution in [2.75, 3.05) is 13.1 Å². The van der Waals surface area contributed by atoms with Crippen molar-refractivity contribution in [3.63, 3.8) is 0 Å². The molecule has 2 aliphatic rings. The van der Waals surface area contributed by atoms with Gasteiger partial charge in [0.15, 0.2) is 0 Å². The molecule has 76 valence electrons. The summed E-state index contributed by atoms with van der Waals surface area (Å²) >= 11 is 0. The fraction of sp³-hybridized carbons (Fsp3) is 1.00. The lowest BCUT2D eigenvalue weighted by Crippen LogP contribution is -2.18. The van der Waals surface area contributed by atoms with Crippen LogP contribution in [0.25, 0.3) is 0 Å². The molecule has 1 saturated heterocycles. The van der Waals surface area contributed by atoms with Gasteiger partial charge in [0.2, 0.25) is 0 Å². The van der Waals surface area contributed by atoms with Gasteiger partial charge in [-0.3, -0.25) is 0 Å². The van der Waals surface area contributed by atoms with Crippen LogP contribution in [0.15, 0.2) is 0 Å². The molecule has 1 saturated carbocycles. The van der Waals surface area contributed by atoms with Crippen molar-refractivity contribution < 1.29 is 13.9 Å². The molecular weight excluding hydrogens is 176 g/mol. The zero-order valence-corrected chi connectivity index (χ0v) is 7.47. The molecule has 2 N–H and O–H groups in total. The van der Waals surface area contributed by atoms with Crippen molar-refractivity contribution in [3.8, 4) is 0 Å². The van der Waals surface area contributed by atoms with Crippen molar-refractivity contribution in [1.82, 2.24) is 5.32 Å². The first kappa shape index (κ1) is 9.34. The minimum atomic E-state index is -2.39. The highest BCUT2D eigenvalue weighted by molar-refractivity contribution is 4.95. The first-order valence-electron chi connectivity index (χ1n) is 4.86. The second kappa shape index (κ2) is 3.17. The largest absolute Gasteiger partial charge is 0.391 e. The predicted molar refractivity (Wildman–Crippen MR) is 44.7 cm³/mol. The molecule has 0 aromatic carbocycles. The van der Waals surface area contributed by atoms with Crippen LogP contribution in [0.5, 0.6) is 0 Å². The van der Waals surface area contributed by atoms with Gasteiger partial charge in [0.25, 0.3) is 5.92 Å². The van der Waals surface area contributed by atoms with Gasteiger partial charge in [0, 0.05) is 25.4 Å². The van der Waals surface area contributed by atoms with Gasteiger partial charge >= 0.3 is 0 Å². The van der Waals surface area contributed by atoms with Gasteiger partial charge in [-0.25, -0.2) is 8.78 Å². The maximum atomic E-state index is 12.5. The van der Waals surface area contributed by atoms with Crippen molar-refractivity contribution in [3.05, 3.63) is 0 Å². The molecule has 2 rings (SSSR count). The highest BCUT2D eigenvalue weighted by Crippen LogP contribution is 2.51. The van der Waals surface area contributed by atoms with E-state index in [4.69, 9.17) is 0 Å². The van der Waals surface area contributed by atoms with Crippen LogP contribution < -0.4 is 5.32 Å². The molecule has 0 bridgehead atoms. The van der Waals surface area contributed by atoms with Gasteiger partial charge in [-0.1, -0.05) is 0 Å². The smallest absolute Gasteiger partial charge is 0.251 e. The summed E-state index contributed by atoms with van der Waals surface area (Å²) in [4.78, 5) is 0. The van der Waals surface area contributed by atoms with E-state index >= 15 is 0 Å². The third kappa shape index (κ3) is 1.99. The topological polar surface area (TPSA) is 32.3 Å². The Labute approximate surface area is 76.3 Å². The molecule has 0 aromatic heterocycles. The molecule has 1 unspecified atom stereocenters. The Morgan fingerprint density at radius 2 is 2.00 bits per heavy atom. The van der Waals surface area contributed by atoms with E-state index in [9.17, 15) is 13.9 Å². The van der Waals surface area contributed by atoms with Crippen LogP contribution in [0.1, 0.15) is 19.3 Å². The first-order chi connectivity index (χ1) is 6.09. The Morgan fingerprint density at radius 3 is 2.46 bits per heavy atom. The average molecular weight is 191 g/mol. The number of rotatable bonds is 3. The summed E-state index contributed by atoms with van der Waals surface area (Å²) in [6.45, 7) is 1.39. The lowest BCUT2D eigenvalue weighted by atomic mass is 9.98. The summed E-state index contributed by atoms with van der Waals surface area (Å²) in [5.41, 5.74) is 0. The Balaban J connectivity index is 1.68. The molecule has 3 atom stereocenters. The summed E-state index contributed by atoms with van der Waals surface area (Å²) in [6.07, 6.45) is 1.03. The van der Waals surface area contributed by atoms with E-state index < -0.39 is 11.8 Å². The zero-order chi connectivity index (χ0) is 9.47. The van der Waals surface area contributed by atoms with E-state index in [0.717, 1.165) is 13.0 Å². The Morgan fingerprint density at radius 1 is 1.31 bits per heavy atom. The van der Waals surface area contributed by atoms with E-state index in [2.05, 4.69) is 5.32 Å². The van der Waals surface area contributed by atoms with Crippen LogP contribution in [0, 0.1) is 11.8 Å². The molecule has 0 radical (unpaired) electrons. The van der Waals surface area contributed by atoms with Gasteiger partial charge in [0.1, 0.15) is 0 Å². The first-order valence-corrected chi connectivity index (χ1v) is 4.86. The number of hydrogen-bond donors (Lipinski definition) is 2. The van der Waals surface area contributed by atoms with Crippen LogP contribution in [-0.2, 0) is 0 Å². The number of halogens is 2. The summed E-state index contributed by atoms with van der Waals surface area (Å²) < 4.78 is 25.0. The predicted octanol–water partition coefficient (Wildman–Crippen LogP) is 1.00. The maximum absolute atomic E-state index is 12.5. The van der Waals surface area contributed by atoms with Gasteiger partial charge < -0.3 is 10.4 Å².